The molecule has 8 nitrogen and oxygen atoms in total. The Morgan fingerprint density at radius 2 is 1.90 bits per heavy atom. The molecule has 0 bridgehead atoms. The van der Waals surface area contributed by atoms with Gasteiger partial charge in [-0.2, -0.15) is 0 Å². The molecule has 2 heterocycles. The monoisotopic (exact) mass is 427 g/mol. The Bertz CT molecular complexity index is 1250. The smallest absolute Gasteiger partial charge is 0.190 e. The molecule has 4 aromatic rings. The van der Waals surface area contributed by atoms with Crippen LogP contribution in [0.1, 0.15) is 5.56 Å². The Kier molecular flexibility index (Phi) is 5.29. The minimum atomic E-state index is -2.19. The molecular weight excluding hydrogens is 414 g/mol. The SMILES string of the molecule is Nc1ncc(-c2ccc(CS(=O)[O-])cc2)nc1-c1nncn1-c1cccc(F)c1F. The van der Waals surface area contributed by atoms with E-state index < -0.39 is 22.7 Å². The highest BCUT2D eigenvalue weighted by atomic mass is 32.2. The summed E-state index contributed by atoms with van der Waals surface area (Å²) in [6, 6.07) is 10.5. The largest absolute Gasteiger partial charge is 0.772 e. The highest BCUT2D eigenvalue weighted by Gasteiger charge is 2.19. The minimum absolute atomic E-state index is 0.0307. The van der Waals surface area contributed by atoms with Crippen molar-refractivity contribution in [2.45, 2.75) is 5.75 Å². The summed E-state index contributed by atoms with van der Waals surface area (Å²) in [4.78, 5) is 8.59. The quantitative estimate of drug-likeness (QED) is 0.486. The van der Waals surface area contributed by atoms with Crippen molar-refractivity contribution in [3.05, 3.63) is 72.2 Å². The molecular formula is C19H13F2N6O2S-. The number of aromatic nitrogens is 5. The minimum Gasteiger partial charge on any atom is -0.772 e. The van der Waals surface area contributed by atoms with Gasteiger partial charge >= 0.3 is 0 Å². The van der Waals surface area contributed by atoms with Gasteiger partial charge in [0.15, 0.2) is 29.0 Å². The number of nitrogen functional groups attached to an aromatic ring is 1. The zero-order valence-electron chi connectivity index (χ0n) is 15.2. The van der Waals surface area contributed by atoms with Crippen molar-refractivity contribution in [1.29, 1.82) is 0 Å². The second kappa shape index (κ2) is 8.05. The highest BCUT2D eigenvalue weighted by molar-refractivity contribution is 7.78. The van der Waals surface area contributed by atoms with Crippen molar-refractivity contribution in [2.75, 3.05) is 5.73 Å². The van der Waals surface area contributed by atoms with Gasteiger partial charge < -0.3 is 10.3 Å². The van der Waals surface area contributed by atoms with Gasteiger partial charge in [-0.3, -0.25) is 8.78 Å². The Morgan fingerprint density at radius 3 is 2.63 bits per heavy atom. The van der Waals surface area contributed by atoms with Gasteiger partial charge in [0, 0.05) is 11.3 Å². The fourth-order valence-electron chi connectivity index (χ4n) is 2.86. The first-order chi connectivity index (χ1) is 14.4. The van der Waals surface area contributed by atoms with Gasteiger partial charge in [-0.05, 0) is 17.7 Å². The van der Waals surface area contributed by atoms with Crippen LogP contribution in [0.15, 0.2) is 55.0 Å². The number of nitrogens with zero attached hydrogens (tertiary/aromatic N) is 5. The Morgan fingerprint density at radius 1 is 1.13 bits per heavy atom. The Hall–Kier alpha value is -3.57. The van der Waals surface area contributed by atoms with E-state index in [1.54, 1.807) is 24.3 Å². The molecule has 2 aromatic carbocycles. The Labute approximate surface area is 171 Å². The van der Waals surface area contributed by atoms with Crippen LogP contribution in [0.25, 0.3) is 28.5 Å². The van der Waals surface area contributed by atoms with E-state index in [1.807, 2.05) is 0 Å². The van der Waals surface area contributed by atoms with Crippen molar-refractivity contribution in [1.82, 2.24) is 24.7 Å². The number of anilines is 1. The van der Waals surface area contributed by atoms with Gasteiger partial charge in [-0.25, -0.2) is 18.7 Å². The number of hydrogen-bond donors (Lipinski definition) is 1. The third-order valence-corrected chi connectivity index (χ3v) is 4.85. The van der Waals surface area contributed by atoms with E-state index in [-0.39, 0.29) is 28.8 Å². The lowest BCUT2D eigenvalue weighted by Crippen LogP contribution is -2.06. The molecule has 0 aliphatic heterocycles. The van der Waals surface area contributed by atoms with Crippen LogP contribution in [0.3, 0.4) is 0 Å². The van der Waals surface area contributed by atoms with Crippen LogP contribution >= 0.6 is 0 Å². The molecule has 0 fully saturated rings. The van der Waals surface area contributed by atoms with Gasteiger partial charge in [-0.1, -0.05) is 41.4 Å². The second-order valence-corrected chi connectivity index (χ2v) is 7.13. The molecule has 0 radical (unpaired) electrons. The summed E-state index contributed by atoms with van der Waals surface area (Å²) in [5.74, 6) is -2.05. The van der Waals surface area contributed by atoms with Crippen molar-refractivity contribution >= 4 is 16.9 Å². The van der Waals surface area contributed by atoms with Crippen LogP contribution in [0.5, 0.6) is 0 Å². The molecule has 0 aliphatic rings. The molecule has 2 aromatic heterocycles. The fourth-order valence-corrected chi connectivity index (χ4v) is 3.33. The van der Waals surface area contributed by atoms with Gasteiger partial charge in [0.1, 0.15) is 6.33 Å². The first-order valence-corrected chi connectivity index (χ1v) is 9.81. The van der Waals surface area contributed by atoms with Gasteiger partial charge in [0.2, 0.25) is 0 Å². The molecule has 0 spiro atoms. The summed E-state index contributed by atoms with van der Waals surface area (Å²) in [6.45, 7) is 0. The van der Waals surface area contributed by atoms with Crippen LogP contribution in [0, 0.1) is 11.6 Å². The number of halogens is 2. The molecule has 0 saturated heterocycles. The average molecular weight is 427 g/mol. The molecule has 0 saturated carbocycles. The van der Waals surface area contributed by atoms with Crippen molar-refractivity contribution < 1.29 is 17.5 Å². The number of nitrogens with two attached hydrogens (primary N) is 1. The van der Waals surface area contributed by atoms with E-state index in [2.05, 4.69) is 20.2 Å². The average Bonchev–Trinajstić information content (AvgIpc) is 3.20. The van der Waals surface area contributed by atoms with Gasteiger partial charge in [-0.15, -0.1) is 10.2 Å². The van der Waals surface area contributed by atoms with Crippen molar-refractivity contribution in [3.8, 4) is 28.5 Å². The highest BCUT2D eigenvalue weighted by Crippen LogP contribution is 2.27. The van der Waals surface area contributed by atoms with Gasteiger partial charge in [0.05, 0.1) is 17.6 Å². The van der Waals surface area contributed by atoms with Crippen LogP contribution in [-0.2, 0) is 16.8 Å². The molecule has 1 atom stereocenters. The maximum Gasteiger partial charge on any atom is 0.190 e. The number of rotatable bonds is 5. The third-order valence-electron chi connectivity index (χ3n) is 4.29. The molecule has 152 valence electrons. The normalized spacial score (nSPS) is 12.1. The second-order valence-electron chi connectivity index (χ2n) is 6.23. The van der Waals surface area contributed by atoms with Crippen LogP contribution < -0.4 is 5.73 Å². The first-order valence-electron chi connectivity index (χ1n) is 8.56. The van der Waals surface area contributed by atoms with Crippen molar-refractivity contribution in [2.24, 2.45) is 0 Å². The summed E-state index contributed by atoms with van der Waals surface area (Å²) >= 11 is -2.19. The summed E-state index contributed by atoms with van der Waals surface area (Å²) in [7, 11) is 0. The van der Waals surface area contributed by atoms with E-state index in [0.29, 0.717) is 16.8 Å². The zero-order valence-corrected chi connectivity index (χ0v) is 16.0. The number of benzene rings is 2. The summed E-state index contributed by atoms with van der Waals surface area (Å²) in [5.41, 5.74) is 7.71. The lowest BCUT2D eigenvalue weighted by atomic mass is 10.1. The molecule has 0 aliphatic carbocycles. The van der Waals surface area contributed by atoms with E-state index >= 15 is 0 Å². The summed E-state index contributed by atoms with van der Waals surface area (Å²) < 4.78 is 50.8. The lowest BCUT2D eigenvalue weighted by molar-refractivity contribution is 0.504. The van der Waals surface area contributed by atoms with E-state index in [9.17, 15) is 17.5 Å². The molecule has 2 N–H and O–H groups in total. The van der Waals surface area contributed by atoms with Gasteiger partial charge in [0.25, 0.3) is 0 Å². The molecule has 4 rings (SSSR count). The van der Waals surface area contributed by atoms with E-state index in [4.69, 9.17) is 5.73 Å². The summed E-state index contributed by atoms with van der Waals surface area (Å²) in [6.07, 6.45) is 2.67. The molecule has 0 amide bonds. The predicted molar refractivity (Wildman–Crippen MR) is 105 cm³/mol. The number of hydrogen-bond acceptors (Lipinski definition) is 7. The maximum absolute atomic E-state index is 14.3. The standard InChI is InChI=1S/C19H14F2N6O2S/c20-13-2-1-3-15(16(13)21)27-10-24-26-19(27)17-18(22)23-8-14(25-17)12-6-4-11(5-7-12)9-30(28)29/h1-8,10H,9H2,(H2,22,23)(H,28,29)/p-1. The lowest BCUT2D eigenvalue weighted by Gasteiger charge is -2.10. The third kappa shape index (κ3) is 3.80. The van der Waals surface area contributed by atoms with Crippen LogP contribution in [0.2, 0.25) is 0 Å². The topological polar surface area (TPSA) is 123 Å². The van der Waals surface area contributed by atoms with Crippen LogP contribution in [0.4, 0.5) is 14.6 Å². The van der Waals surface area contributed by atoms with Crippen molar-refractivity contribution in [3.63, 3.8) is 0 Å². The molecule has 1 unspecified atom stereocenters. The van der Waals surface area contributed by atoms with Crippen LogP contribution in [-0.4, -0.2) is 33.5 Å². The summed E-state index contributed by atoms with van der Waals surface area (Å²) in [5, 5.41) is 7.72. The predicted octanol–water partition coefficient (Wildman–Crippen LogP) is 2.63. The van der Waals surface area contributed by atoms with E-state index in [0.717, 1.165) is 6.07 Å². The van der Waals surface area contributed by atoms with E-state index in [1.165, 1.54) is 29.2 Å². The maximum atomic E-state index is 14.3. The Balaban J connectivity index is 1.76. The molecule has 11 heteroatoms. The zero-order chi connectivity index (χ0) is 21.3. The first kappa shape index (κ1) is 19.7. The fraction of sp³-hybridized carbons (Fsp3) is 0.0526. The molecule has 30 heavy (non-hydrogen) atoms.